The van der Waals surface area contributed by atoms with Crippen LogP contribution >= 0.6 is 0 Å². The Bertz CT molecular complexity index is 1040. The predicted octanol–water partition coefficient (Wildman–Crippen LogP) is 3.24. The molecule has 2 aromatic carbocycles. The van der Waals surface area contributed by atoms with Gasteiger partial charge in [0.05, 0.1) is 6.04 Å². The first-order valence-electron chi connectivity index (χ1n) is 11.8. The number of carbonyl (C=O) groups is 3. The van der Waals surface area contributed by atoms with E-state index in [4.69, 9.17) is 0 Å². The quantitative estimate of drug-likeness (QED) is 0.586. The van der Waals surface area contributed by atoms with Crippen molar-refractivity contribution in [3.05, 3.63) is 66.0 Å². The molecule has 1 spiro atoms. The van der Waals surface area contributed by atoms with Gasteiger partial charge in [0.1, 0.15) is 17.9 Å². The van der Waals surface area contributed by atoms with E-state index in [0.29, 0.717) is 31.5 Å². The number of rotatable bonds is 8. The molecule has 180 valence electrons. The zero-order valence-electron chi connectivity index (χ0n) is 19.4. The van der Waals surface area contributed by atoms with Crippen LogP contribution < -0.4 is 15.5 Å². The molecule has 2 N–H and O–H groups in total. The summed E-state index contributed by atoms with van der Waals surface area (Å²) in [6.45, 7) is 0.107. The highest BCUT2D eigenvalue weighted by Crippen LogP contribution is 2.33. The van der Waals surface area contributed by atoms with Crippen LogP contribution in [-0.4, -0.2) is 54.5 Å². The maximum Gasteiger partial charge on any atom is 0.325 e. The van der Waals surface area contributed by atoms with Crippen molar-refractivity contribution in [1.29, 1.82) is 0 Å². The molecule has 1 aliphatic carbocycles. The highest BCUT2D eigenvalue weighted by Gasteiger charge is 2.51. The van der Waals surface area contributed by atoms with Gasteiger partial charge in [0.2, 0.25) is 5.91 Å². The molecular weight excluding hydrogens is 435 g/mol. The summed E-state index contributed by atoms with van der Waals surface area (Å²) in [5, 5.41) is 5.83. The lowest BCUT2D eigenvalue weighted by Crippen LogP contribution is -2.50. The summed E-state index contributed by atoms with van der Waals surface area (Å²) in [5.74, 6) is -1.03. The summed E-state index contributed by atoms with van der Waals surface area (Å²) in [6, 6.07) is 15.2. The van der Waals surface area contributed by atoms with Gasteiger partial charge in [0.15, 0.2) is 0 Å². The normalized spacial score (nSPS) is 18.0. The lowest BCUT2D eigenvalue weighted by molar-refractivity contribution is -0.136. The molecule has 4 rings (SSSR count). The summed E-state index contributed by atoms with van der Waals surface area (Å²) in [6.07, 6.45) is 4.60. The predicted molar refractivity (Wildman–Crippen MR) is 128 cm³/mol. The van der Waals surface area contributed by atoms with Crippen LogP contribution in [-0.2, 0) is 16.0 Å². The molecule has 2 aliphatic rings. The minimum absolute atomic E-state index is 0.302. The number of benzene rings is 2. The van der Waals surface area contributed by atoms with E-state index < -0.39 is 17.5 Å². The van der Waals surface area contributed by atoms with Crippen LogP contribution in [0.5, 0.6) is 0 Å². The monoisotopic (exact) mass is 466 g/mol. The van der Waals surface area contributed by atoms with Gasteiger partial charge in [-0.15, -0.1) is 0 Å². The Labute approximate surface area is 199 Å². The van der Waals surface area contributed by atoms with Crippen LogP contribution in [0.1, 0.15) is 37.7 Å². The van der Waals surface area contributed by atoms with Gasteiger partial charge in [-0.2, -0.15) is 0 Å². The van der Waals surface area contributed by atoms with Gasteiger partial charge in [-0.1, -0.05) is 55.7 Å². The first-order valence-corrected chi connectivity index (χ1v) is 11.8. The van der Waals surface area contributed by atoms with Crippen LogP contribution in [0.3, 0.4) is 0 Å². The fourth-order valence-corrected chi connectivity index (χ4v) is 4.94. The van der Waals surface area contributed by atoms with Gasteiger partial charge in [0.25, 0.3) is 5.91 Å². The molecule has 0 bridgehead atoms. The van der Waals surface area contributed by atoms with E-state index >= 15 is 0 Å². The summed E-state index contributed by atoms with van der Waals surface area (Å²) < 4.78 is 13.7. The Kier molecular flexibility index (Phi) is 7.14. The fraction of sp³-hybridized carbons (Fsp3) is 0.423. The molecule has 1 aliphatic heterocycles. The molecule has 1 saturated heterocycles. The smallest absolute Gasteiger partial charge is 0.325 e. The van der Waals surface area contributed by atoms with Crippen molar-refractivity contribution in [3.8, 4) is 0 Å². The van der Waals surface area contributed by atoms with Crippen LogP contribution in [0.15, 0.2) is 54.6 Å². The van der Waals surface area contributed by atoms with Gasteiger partial charge in [0, 0.05) is 19.3 Å². The molecule has 0 aromatic heterocycles. The zero-order valence-corrected chi connectivity index (χ0v) is 19.4. The minimum Gasteiger partial charge on any atom is -0.372 e. The van der Waals surface area contributed by atoms with Gasteiger partial charge in [-0.3, -0.25) is 14.5 Å². The number of anilines is 1. The number of nitrogens with zero attached hydrogens (tertiary/aromatic N) is 2. The van der Waals surface area contributed by atoms with Crippen LogP contribution in [0.25, 0.3) is 0 Å². The van der Waals surface area contributed by atoms with Crippen molar-refractivity contribution < 1.29 is 18.8 Å². The van der Waals surface area contributed by atoms with Crippen LogP contribution in [0, 0.1) is 5.82 Å². The van der Waals surface area contributed by atoms with E-state index in [-0.39, 0.29) is 24.3 Å². The van der Waals surface area contributed by atoms with Crippen molar-refractivity contribution in [2.75, 3.05) is 25.0 Å². The van der Waals surface area contributed by atoms with Crippen molar-refractivity contribution in [3.63, 3.8) is 0 Å². The lowest BCUT2D eigenvalue weighted by atomic mass is 9.82. The molecule has 0 radical (unpaired) electrons. The number of hydrogen-bond acceptors (Lipinski definition) is 4. The van der Waals surface area contributed by atoms with Crippen molar-refractivity contribution in [2.24, 2.45) is 0 Å². The molecule has 2 aromatic rings. The van der Waals surface area contributed by atoms with Crippen molar-refractivity contribution in [1.82, 2.24) is 15.5 Å². The summed E-state index contributed by atoms with van der Waals surface area (Å²) in [4.78, 5) is 41.4. The third kappa shape index (κ3) is 5.38. The van der Waals surface area contributed by atoms with E-state index in [9.17, 15) is 18.8 Å². The van der Waals surface area contributed by atoms with Gasteiger partial charge in [-0.25, -0.2) is 9.18 Å². The molecule has 4 amide bonds. The largest absolute Gasteiger partial charge is 0.372 e. The molecular formula is C26H31FN4O3. The van der Waals surface area contributed by atoms with Crippen LogP contribution in [0.2, 0.25) is 0 Å². The molecule has 2 fully saturated rings. The number of likely N-dealkylation sites (N-methyl/N-ethyl adjacent to an activating group) is 1. The Morgan fingerprint density at radius 2 is 1.85 bits per heavy atom. The van der Waals surface area contributed by atoms with Crippen LogP contribution in [0.4, 0.5) is 14.9 Å². The number of halogens is 1. The van der Waals surface area contributed by atoms with E-state index in [1.54, 1.807) is 12.1 Å². The molecule has 1 atom stereocenters. The van der Waals surface area contributed by atoms with Gasteiger partial charge in [-0.05, 0) is 43.0 Å². The molecule has 7 nitrogen and oxygen atoms in total. The number of urea groups is 1. The maximum absolute atomic E-state index is 13.7. The standard InChI is InChI=1S/C26H31FN4O3/c1-30(22-12-8-11-20(27)16-22)17-21(15-19-9-4-2-5-10-19)28-23(32)18-31-24(33)26(29-25(31)34)13-6-3-7-14-26/h2,4-5,8-12,16,21H,3,6-7,13-15,17-18H2,1H3,(H,28,32)(H,29,34)/t21-/m0/s1. The van der Waals surface area contributed by atoms with E-state index in [1.165, 1.54) is 12.1 Å². The number of nitrogens with one attached hydrogen (secondary N) is 2. The third-order valence-electron chi connectivity index (χ3n) is 6.69. The Morgan fingerprint density at radius 3 is 2.56 bits per heavy atom. The second kappa shape index (κ2) is 10.2. The molecule has 8 heteroatoms. The van der Waals surface area contributed by atoms with E-state index in [2.05, 4.69) is 10.6 Å². The van der Waals surface area contributed by atoms with E-state index in [1.807, 2.05) is 42.3 Å². The molecule has 1 saturated carbocycles. The molecule has 1 heterocycles. The average Bonchev–Trinajstić information content (AvgIpc) is 3.03. The van der Waals surface area contributed by atoms with Crippen molar-refractivity contribution >= 4 is 23.5 Å². The fourth-order valence-electron chi connectivity index (χ4n) is 4.94. The minimum atomic E-state index is -0.851. The first kappa shape index (κ1) is 23.7. The van der Waals surface area contributed by atoms with E-state index in [0.717, 1.165) is 29.7 Å². The highest BCUT2D eigenvalue weighted by molar-refractivity contribution is 6.09. The number of imide groups is 1. The SMILES string of the molecule is CN(C[C@H](Cc1ccccc1)NC(=O)CN1C(=O)NC2(CCCCC2)C1=O)c1cccc(F)c1. The Morgan fingerprint density at radius 1 is 1.12 bits per heavy atom. The maximum atomic E-state index is 13.7. The Hall–Kier alpha value is -3.42. The number of hydrogen-bond donors (Lipinski definition) is 2. The second-order valence-corrected chi connectivity index (χ2v) is 9.28. The summed E-state index contributed by atoms with van der Waals surface area (Å²) in [5.41, 5.74) is 0.883. The summed E-state index contributed by atoms with van der Waals surface area (Å²) >= 11 is 0. The average molecular weight is 467 g/mol. The Balaban J connectivity index is 1.44. The van der Waals surface area contributed by atoms with Gasteiger partial charge >= 0.3 is 6.03 Å². The first-order chi connectivity index (χ1) is 16.4. The number of carbonyl (C=O) groups excluding carboxylic acids is 3. The molecule has 34 heavy (non-hydrogen) atoms. The topological polar surface area (TPSA) is 81.8 Å². The zero-order chi connectivity index (χ0) is 24.1. The van der Waals surface area contributed by atoms with Gasteiger partial charge < -0.3 is 15.5 Å². The second-order valence-electron chi connectivity index (χ2n) is 9.28. The highest BCUT2D eigenvalue weighted by atomic mass is 19.1. The van der Waals surface area contributed by atoms with Crippen molar-refractivity contribution in [2.45, 2.75) is 50.1 Å². The summed E-state index contributed by atoms with van der Waals surface area (Å²) in [7, 11) is 1.84. The third-order valence-corrected chi connectivity index (χ3v) is 6.69. The lowest BCUT2D eigenvalue weighted by Gasteiger charge is -2.30. The molecule has 0 unspecified atom stereocenters. The number of amides is 4.